The zero-order chi connectivity index (χ0) is 15.7. The van der Waals surface area contributed by atoms with Gasteiger partial charge in [0.05, 0.1) is 4.92 Å². The molecule has 112 valence electrons. The molecular formula is C17H16N2O3. The molecule has 5 nitrogen and oxygen atoms in total. The monoisotopic (exact) mass is 296 g/mol. The molecule has 0 radical (unpaired) electrons. The van der Waals surface area contributed by atoms with Gasteiger partial charge < -0.3 is 5.21 Å². The Morgan fingerprint density at radius 1 is 1.05 bits per heavy atom. The van der Waals surface area contributed by atoms with E-state index in [2.05, 4.69) is 6.92 Å². The molecule has 0 saturated heterocycles. The van der Waals surface area contributed by atoms with Crippen LogP contribution >= 0.6 is 0 Å². The van der Waals surface area contributed by atoms with Crippen molar-refractivity contribution >= 4 is 17.6 Å². The number of nitrogens with zero attached hydrogens (tertiary/aromatic N) is 2. The van der Waals surface area contributed by atoms with Crippen LogP contribution in [-0.2, 0) is 5.41 Å². The zero-order valence-corrected chi connectivity index (χ0v) is 12.2. The maximum absolute atomic E-state index is 12.5. The predicted molar refractivity (Wildman–Crippen MR) is 84.6 cm³/mol. The van der Waals surface area contributed by atoms with Gasteiger partial charge in [0.25, 0.3) is 5.69 Å². The summed E-state index contributed by atoms with van der Waals surface area (Å²) in [7, 11) is 0. The molecule has 3 rings (SSSR count). The van der Waals surface area contributed by atoms with Crippen LogP contribution in [0.4, 0.5) is 11.4 Å². The molecule has 22 heavy (non-hydrogen) atoms. The van der Waals surface area contributed by atoms with Gasteiger partial charge in [-0.3, -0.25) is 10.1 Å². The molecule has 1 aliphatic rings. The lowest BCUT2D eigenvalue weighted by Gasteiger charge is -2.13. The Morgan fingerprint density at radius 3 is 2.27 bits per heavy atom. The van der Waals surface area contributed by atoms with E-state index in [0.717, 1.165) is 23.1 Å². The molecule has 1 fully saturated rings. The minimum Gasteiger partial charge on any atom is -0.618 e. The van der Waals surface area contributed by atoms with Gasteiger partial charge in [-0.1, -0.05) is 25.1 Å². The quantitative estimate of drug-likeness (QED) is 0.282. The first kappa shape index (κ1) is 14.3. The Labute approximate surface area is 128 Å². The van der Waals surface area contributed by atoms with Gasteiger partial charge in [-0.15, -0.1) is 0 Å². The number of benzene rings is 2. The fourth-order valence-electron chi connectivity index (χ4n) is 2.52. The van der Waals surface area contributed by atoms with Crippen molar-refractivity contribution in [2.45, 2.75) is 25.2 Å². The standard InChI is InChI=1S/C17H16N2O3/c1-17(10-11-17)15-4-2-3-5-16(15)18(20)12-13-6-8-14(9-7-13)19(21)22/h2-9,12H,10-11H2,1H3/b18-12+. The summed E-state index contributed by atoms with van der Waals surface area (Å²) in [5.74, 6) is 0. The van der Waals surface area contributed by atoms with E-state index in [4.69, 9.17) is 0 Å². The summed E-state index contributed by atoms with van der Waals surface area (Å²) in [5.41, 5.74) is 2.45. The molecule has 0 aliphatic heterocycles. The number of hydrogen-bond donors (Lipinski definition) is 0. The highest BCUT2D eigenvalue weighted by atomic mass is 16.6. The van der Waals surface area contributed by atoms with Crippen LogP contribution in [-0.4, -0.2) is 15.9 Å². The van der Waals surface area contributed by atoms with E-state index < -0.39 is 4.92 Å². The first-order valence-electron chi connectivity index (χ1n) is 7.15. The van der Waals surface area contributed by atoms with E-state index in [-0.39, 0.29) is 11.1 Å². The summed E-state index contributed by atoms with van der Waals surface area (Å²) in [6.07, 6.45) is 3.64. The van der Waals surface area contributed by atoms with Crippen molar-refractivity contribution in [3.8, 4) is 0 Å². The van der Waals surface area contributed by atoms with Crippen LogP contribution in [0.25, 0.3) is 0 Å². The minimum absolute atomic E-state index is 0.0143. The lowest BCUT2D eigenvalue weighted by Crippen LogP contribution is -2.07. The normalized spacial score (nSPS) is 16.3. The summed E-state index contributed by atoms with van der Waals surface area (Å²) in [4.78, 5) is 10.2. The first-order chi connectivity index (χ1) is 10.5. The number of nitro benzene ring substituents is 1. The largest absolute Gasteiger partial charge is 0.618 e. The van der Waals surface area contributed by atoms with Gasteiger partial charge in [-0.2, -0.15) is 4.74 Å². The fourth-order valence-corrected chi connectivity index (χ4v) is 2.52. The van der Waals surface area contributed by atoms with Crippen molar-refractivity contribution in [2.75, 3.05) is 0 Å². The second-order valence-electron chi connectivity index (χ2n) is 5.88. The van der Waals surface area contributed by atoms with Crippen molar-refractivity contribution in [3.63, 3.8) is 0 Å². The SMILES string of the molecule is CC1(c2ccccc2/[N+]([O-])=C\c2ccc([N+](=O)[O-])cc2)CC1. The van der Waals surface area contributed by atoms with Crippen molar-refractivity contribution in [3.05, 3.63) is 75.0 Å². The van der Waals surface area contributed by atoms with Gasteiger partial charge in [-0.05, 0) is 30.4 Å². The second kappa shape index (κ2) is 5.26. The highest BCUT2D eigenvalue weighted by molar-refractivity contribution is 5.77. The molecule has 0 bridgehead atoms. The lowest BCUT2D eigenvalue weighted by atomic mass is 9.96. The van der Waals surface area contributed by atoms with Crippen LogP contribution in [0.3, 0.4) is 0 Å². The van der Waals surface area contributed by atoms with E-state index in [1.807, 2.05) is 24.3 Å². The van der Waals surface area contributed by atoms with E-state index in [1.165, 1.54) is 18.3 Å². The zero-order valence-electron chi connectivity index (χ0n) is 12.2. The Hall–Kier alpha value is -2.69. The Bertz CT molecular complexity index is 747. The first-order valence-corrected chi connectivity index (χ1v) is 7.15. The third kappa shape index (κ3) is 2.70. The molecule has 2 aromatic carbocycles. The molecule has 1 saturated carbocycles. The summed E-state index contributed by atoms with van der Waals surface area (Å²) in [6, 6.07) is 13.5. The maximum Gasteiger partial charge on any atom is 0.269 e. The molecule has 0 amide bonds. The molecule has 0 unspecified atom stereocenters. The van der Waals surface area contributed by atoms with E-state index in [9.17, 15) is 15.3 Å². The van der Waals surface area contributed by atoms with E-state index in [0.29, 0.717) is 11.3 Å². The smallest absolute Gasteiger partial charge is 0.269 e. The fraction of sp³-hybridized carbons (Fsp3) is 0.235. The van der Waals surface area contributed by atoms with Crippen LogP contribution in [0.2, 0.25) is 0 Å². The minimum atomic E-state index is -0.456. The van der Waals surface area contributed by atoms with Gasteiger partial charge in [0.1, 0.15) is 0 Å². The molecule has 1 aliphatic carbocycles. The highest BCUT2D eigenvalue weighted by Crippen LogP contribution is 2.50. The number of hydrogen-bond acceptors (Lipinski definition) is 3. The van der Waals surface area contributed by atoms with Crippen molar-refractivity contribution in [1.29, 1.82) is 0 Å². The van der Waals surface area contributed by atoms with Gasteiger partial charge >= 0.3 is 0 Å². The Kier molecular flexibility index (Phi) is 3.41. The molecular weight excluding hydrogens is 280 g/mol. The van der Waals surface area contributed by atoms with Crippen LogP contribution in [0.15, 0.2) is 48.5 Å². The second-order valence-corrected chi connectivity index (χ2v) is 5.88. The summed E-state index contributed by atoms with van der Waals surface area (Å²) < 4.78 is 0.847. The summed E-state index contributed by atoms with van der Waals surface area (Å²) in [5, 5.41) is 23.1. The maximum atomic E-state index is 12.5. The summed E-state index contributed by atoms with van der Waals surface area (Å²) in [6.45, 7) is 2.16. The number of nitro groups is 1. The van der Waals surface area contributed by atoms with E-state index in [1.54, 1.807) is 12.1 Å². The molecule has 0 atom stereocenters. The predicted octanol–water partition coefficient (Wildman–Crippen LogP) is 3.91. The molecule has 2 aromatic rings. The molecule has 0 N–H and O–H groups in total. The van der Waals surface area contributed by atoms with E-state index >= 15 is 0 Å². The van der Waals surface area contributed by atoms with Crippen molar-refractivity contribution in [1.82, 2.24) is 0 Å². The number of rotatable bonds is 4. The van der Waals surface area contributed by atoms with Crippen LogP contribution in [0.5, 0.6) is 0 Å². The Balaban J connectivity index is 1.94. The van der Waals surface area contributed by atoms with Gasteiger partial charge in [0.2, 0.25) is 5.69 Å². The lowest BCUT2D eigenvalue weighted by molar-refractivity contribution is -0.384. The van der Waals surface area contributed by atoms with Crippen LogP contribution in [0.1, 0.15) is 30.9 Å². The average Bonchev–Trinajstić information content (AvgIpc) is 3.27. The third-order valence-corrected chi connectivity index (χ3v) is 4.16. The van der Waals surface area contributed by atoms with Crippen molar-refractivity contribution in [2.24, 2.45) is 0 Å². The molecule has 0 spiro atoms. The van der Waals surface area contributed by atoms with Crippen LogP contribution in [0, 0.1) is 15.3 Å². The average molecular weight is 296 g/mol. The highest BCUT2D eigenvalue weighted by Gasteiger charge is 2.42. The Morgan fingerprint density at radius 2 is 1.68 bits per heavy atom. The summed E-state index contributed by atoms with van der Waals surface area (Å²) >= 11 is 0. The van der Waals surface area contributed by atoms with Crippen LogP contribution < -0.4 is 0 Å². The van der Waals surface area contributed by atoms with Gasteiger partial charge in [0, 0.05) is 29.3 Å². The topological polar surface area (TPSA) is 69.2 Å². The van der Waals surface area contributed by atoms with Gasteiger partial charge in [0.15, 0.2) is 6.21 Å². The third-order valence-electron chi connectivity index (χ3n) is 4.16. The molecule has 0 aromatic heterocycles. The van der Waals surface area contributed by atoms with Crippen molar-refractivity contribution < 1.29 is 9.66 Å². The number of non-ortho nitro benzene ring substituents is 1. The number of para-hydroxylation sites is 1. The molecule has 5 heteroatoms. The molecule has 0 heterocycles. The van der Waals surface area contributed by atoms with Gasteiger partial charge in [-0.25, -0.2) is 0 Å².